The van der Waals surface area contributed by atoms with Gasteiger partial charge in [0.05, 0.1) is 11.6 Å². The molecule has 1 N–H and O–H groups in total. The minimum absolute atomic E-state index is 0.103. The molecule has 27 heavy (non-hydrogen) atoms. The molecule has 1 aliphatic heterocycles. The number of carbonyl (C=O) groups is 2. The van der Waals surface area contributed by atoms with Gasteiger partial charge in [0.15, 0.2) is 0 Å². The second-order valence-corrected chi connectivity index (χ2v) is 6.23. The number of ketones is 1. The zero-order valence-electron chi connectivity index (χ0n) is 14.9. The first kappa shape index (κ1) is 18.8. The van der Waals surface area contributed by atoms with Gasteiger partial charge < -0.3 is 14.7 Å². The highest BCUT2D eigenvalue weighted by Crippen LogP contribution is 2.40. The van der Waals surface area contributed by atoms with Crippen molar-refractivity contribution in [1.29, 1.82) is 0 Å². The van der Waals surface area contributed by atoms with Gasteiger partial charge in [-0.3, -0.25) is 9.59 Å². The third kappa shape index (κ3) is 3.61. The lowest BCUT2D eigenvalue weighted by Gasteiger charge is -2.25. The van der Waals surface area contributed by atoms with Crippen LogP contribution in [0.1, 0.15) is 23.6 Å². The standard InChI is InChI=1S/C21H20FNO4/c1-27-13-7-12-23-18(15-10-5-6-11-16(15)22)17(20(25)21(23)26)19(24)14-8-3-2-4-9-14/h2-6,8-11,18,24H,7,12-13H2,1H3. The van der Waals surface area contributed by atoms with Crippen LogP contribution >= 0.6 is 0 Å². The van der Waals surface area contributed by atoms with Crippen LogP contribution in [-0.2, 0) is 14.3 Å². The van der Waals surface area contributed by atoms with E-state index in [1.54, 1.807) is 36.4 Å². The molecule has 1 unspecified atom stereocenters. The first-order chi connectivity index (χ1) is 13.1. The Labute approximate surface area is 156 Å². The Morgan fingerprint density at radius 3 is 2.44 bits per heavy atom. The summed E-state index contributed by atoms with van der Waals surface area (Å²) >= 11 is 0. The van der Waals surface area contributed by atoms with Crippen molar-refractivity contribution in [3.05, 3.63) is 77.1 Å². The molecule has 0 bridgehead atoms. The molecule has 1 atom stereocenters. The van der Waals surface area contributed by atoms with Crippen molar-refractivity contribution in [3.8, 4) is 0 Å². The SMILES string of the molecule is COCCCN1C(=O)C(=O)C(=C(O)c2ccccc2)C1c1ccccc1F. The molecule has 0 saturated carbocycles. The number of amides is 1. The molecule has 3 rings (SSSR count). The van der Waals surface area contributed by atoms with E-state index in [4.69, 9.17) is 4.74 Å². The van der Waals surface area contributed by atoms with E-state index < -0.39 is 23.5 Å². The largest absolute Gasteiger partial charge is 0.507 e. The third-order valence-electron chi connectivity index (χ3n) is 4.53. The second-order valence-electron chi connectivity index (χ2n) is 6.23. The molecule has 1 heterocycles. The Hall–Kier alpha value is -2.99. The Morgan fingerprint density at radius 2 is 1.78 bits per heavy atom. The van der Waals surface area contributed by atoms with E-state index in [0.29, 0.717) is 18.6 Å². The number of aliphatic hydroxyl groups excluding tert-OH is 1. The Kier molecular flexibility index (Phi) is 5.66. The molecule has 0 radical (unpaired) electrons. The average molecular weight is 369 g/mol. The number of hydrogen-bond donors (Lipinski definition) is 1. The van der Waals surface area contributed by atoms with Gasteiger partial charge in [-0.15, -0.1) is 0 Å². The average Bonchev–Trinajstić information content (AvgIpc) is 2.93. The van der Waals surface area contributed by atoms with E-state index in [1.807, 2.05) is 0 Å². The molecular formula is C21H20FNO4. The summed E-state index contributed by atoms with van der Waals surface area (Å²) in [7, 11) is 1.54. The number of Topliss-reactive ketones (excluding diaryl/α,β-unsaturated/α-hetero) is 1. The molecule has 6 heteroatoms. The highest BCUT2D eigenvalue weighted by atomic mass is 19.1. The molecule has 1 saturated heterocycles. The summed E-state index contributed by atoms with van der Waals surface area (Å²) in [6.45, 7) is 0.606. The van der Waals surface area contributed by atoms with E-state index in [2.05, 4.69) is 0 Å². The maximum absolute atomic E-state index is 14.5. The number of halogens is 1. The van der Waals surface area contributed by atoms with Gasteiger partial charge in [0.25, 0.3) is 11.7 Å². The van der Waals surface area contributed by atoms with Gasteiger partial charge in [-0.05, 0) is 12.5 Å². The first-order valence-electron chi connectivity index (χ1n) is 8.63. The molecular weight excluding hydrogens is 349 g/mol. The zero-order chi connectivity index (χ0) is 19.4. The number of hydrogen-bond acceptors (Lipinski definition) is 4. The van der Waals surface area contributed by atoms with E-state index in [1.165, 1.54) is 30.2 Å². The van der Waals surface area contributed by atoms with E-state index >= 15 is 0 Å². The van der Waals surface area contributed by atoms with Crippen LogP contribution in [0, 0.1) is 5.82 Å². The van der Waals surface area contributed by atoms with Crippen LogP contribution in [0.5, 0.6) is 0 Å². The topological polar surface area (TPSA) is 66.8 Å². The maximum atomic E-state index is 14.5. The minimum atomic E-state index is -0.983. The molecule has 1 fully saturated rings. The molecule has 1 amide bonds. The molecule has 0 aromatic heterocycles. The molecule has 2 aromatic rings. The monoisotopic (exact) mass is 369 g/mol. The summed E-state index contributed by atoms with van der Waals surface area (Å²) in [6, 6.07) is 13.4. The number of methoxy groups -OCH3 is 1. The fraction of sp³-hybridized carbons (Fsp3) is 0.238. The van der Waals surface area contributed by atoms with Crippen LogP contribution < -0.4 is 0 Å². The minimum Gasteiger partial charge on any atom is -0.507 e. The summed E-state index contributed by atoms with van der Waals surface area (Å²) < 4.78 is 19.5. The number of likely N-dealkylation sites (tertiary alicyclic amines) is 1. The summed E-state index contributed by atoms with van der Waals surface area (Å²) in [5, 5.41) is 10.8. The lowest BCUT2D eigenvalue weighted by atomic mass is 9.95. The summed E-state index contributed by atoms with van der Waals surface area (Å²) in [6.07, 6.45) is 0.486. The number of ether oxygens (including phenoxy) is 1. The van der Waals surface area contributed by atoms with E-state index in [0.717, 1.165) is 0 Å². The van der Waals surface area contributed by atoms with Crippen LogP contribution in [0.3, 0.4) is 0 Å². The van der Waals surface area contributed by atoms with E-state index in [-0.39, 0.29) is 23.4 Å². The second kappa shape index (κ2) is 8.14. The van der Waals surface area contributed by atoms with Gasteiger partial charge in [-0.1, -0.05) is 48.5 Å². The predicted molar refractivity (Wildman–Crippen MR) is 98.3 cm³/mol. The number of carbonyl (C=O) groups excluding carboxylic acids is 2. The van der Waals surface area contributed by atoms with Gasteiger partial charge >= 0.3 is 0 Å². The zero-order valence-corrected chi connectivity index (χ0v) is 14.9. The fourth-order valence-electron chi connectivity index (χ4n) is 3.26. The molecule has 2 aromatic carbocycles. The first-order valence-corrected chi connectivity index (χ1v) is 8.63. The lowest BCUT2D eigenvalue weighted by molar-refractivity contribution is -0.140. The van der Waals surface area contributed by atoms with Crippen LogP contribution in [0.2, 0.25) is 0 Å². The van der Waals surface area contributed by atoms with Crippen molar-refractivity contribution in [2.45, 2.75) is 12.5 Å². The third-order valence-corrected chi connectivity index (χ3v) is 4.53. The maximum Gasteiger partial charge on any atom is 0.295 e. The van der Waals surface area contributed by atoms with Crippen LogP contribution in [0.15, 0.2) is 60.2 Å². The normalized spacial score (nSPS) is 18.9. The summed E-state index contributed by atoms with van der Waals surface area (Å²) in [5.74, 6) is -2.42. The van der Waals surface area contributed by atoms with Crippen molar-refractivity contribution < 1.29 is 23.8 Å². The van der Waals surface area contributed by atoms with Crippen molar-refractivity contribution in [3.63, 3.8) is 0 Å². The molecule has 0 aliphatic carbocycles. The van der Waals surface area contributed by atoms with Crippen molar-refractivity contribution in [2.75, 3.05) is 20.3 Å². The summed E-state index contributed by atoms with van der Waals surface area (Å²) in [5.41, 5.74) is 0.467. The number of nitrogens with zero attached hydrogens (tertiary/aromatic N) is 1. The predicted octanol–water partition coefficient (Wildman–Crippen LogP) is 3.28. The number of rotatable bonds is 6. The van der Waals surface area contributed by atoms with Crippen molar-refractivity contribution in [2.24, 2.45) is 0 Å². The van der Waals surface area contributed by atoms with Crippen molar-refractivity contribution in [1.82, 2.24) is 4.90 Å². The van der Waals surface area contributed by atoms with Crippen molar-refractivity contribution >= 4 is 17.4 Å². The summed E-state index contributed by atoms with van der Waals surface area (Å²) in [4.78, 5) is 26.6. The molecule has 5 nitrogen and oxygen atoms in total. The van der Waals surface area contributed by atoms with Crippen LogP contribution in [-0.4, -0.2) is 42.0 Å². The van der Waals surface area contributed by atoms with Crippen LogP contribution in [0.4, 0.5) is 4.39 Å². The van der Waals surface area contributed by atoms with Gasteiger partial charge in [0.2, 0.25) is 0 Å². The Morgan fingerprint density at radius 1 is 1.11 bits per heavy atom. The quantitative estimate of drug-likeness (QED) is 0.367. The highest BCUT2D eigenvalue weighted by Gasteiger charge is 2.46. The van der Waals surface area contributed by atoms with Gasteiger partial charge in [0.1, 0.15) is 11.6 Å². The molecule has 140 valence electrons. The molecule has 1 aliphatic rings. The van der Waals surface area contributed by atoms with Gasteiger partial charge in [0, 0.05) is 31.4 Å². The van der Waals surface area contributed by atoms with E-state index in [9.17, 15) is 19.1 Å². The Bertz CT molecular complexity index is 879. The van der Waals surface area contributed by atoms with Gasteiger partial charge in [-0.2, -0.15) is 0 Å². The van der Waals surface area contributed by atoms with Gasteiger partial charge in [-0.25, -0.2) is 4.39 Å². The number of benzene rings is 2. The highest BCUT2D eigenvalue weighted by molar-refractivity contribution is 6.46. The lowest BCUT2D eigenvalue weighted by Crippen LogP contribution is -2.31. The number of aliphatic hydroxyl groups is 1. The smallest absolute Gasteiger partial charge is 0.295 e. The van der Waals surface area contributed by atoms with Crippen LogP contribution in [0.25, 0.3) is 5.76 Å². The Balaban J connectivity index is 2.14. The molecule has 0 spiro atoms. The fourth-order valence-corrected chi connectivity index (χ4v) is 3.26.